The second-order valence-electron chi connectivity index (χ2n) is 4.59. The summed E-state index contributed by atoms with van der Waals surface area (Å²) in [7, 11) is 2.20. The lowest BCUT2D eigenvalue weighted by Gasteiger charge is -2.33. The molecule has 0 aromatic heterocycles. The van der Waals surface area contributed by atoms with E-state index in [4.69, 9.17) is 4.74 Å². The second kappa shape index (κ2) is 5.10. The summed E-state index contributed by atoms with van der Waals surface area (Å²) < 4.78 is 6.11. The minimum Gasteiger partial charge on any atom is -0.375 e. The smallest absolute Gasteiger partial charge is 0.0603 e. The highest BCUT2D eigenvalue weighted by atomic mass is 16.5. The van der Waals surface area contributed by atoms with E-state index in [9.17, 15) is 0 Å². The molecular formula is C11H22N2O. The normalized spacial score (nSPS) is 28.1. The molecule has 0 aliphatic carbocycles. The monoisotopic (exact) mass is 198 g/mol. The molecule has 3 nitrogen and oxygen atoms in total. The van der Waals surface area contributed by atoms with Crippen molar-refractivity contribution in [1.82, 2.24) is 10.2 Å². The molecule has 2 aliphatic rings. The number of piperidine rings is 2. The highest BCUT2D eigenvalue weighted by Crippen LogP contribution is 2.17. The molecule has 14 heavy (non-hydrogen) atoms. The second-order valence-corrected chi connectivity index (χ2v) is 4.59. The molecule has 0 radical (unpaired) electrons. The third-order valence-electron chi connectivity index (χ3n) is 3.34. The van der Waals surface area contributed by atoms with E-state index in [2.05, 4.69) is 17.3 Å². The Balaban J connectivity index is 1.68. The molecule has 3 heteroatoms. The average molecular weight is 198 g/mol. The summed E-state index contributed by atoms with van der Waals surface area (Å²) in [5.74, 6) is 0. The summed E-state index contributed by atoms with van der Waals surface area (Å²) in [5.41, 5.74) is 0. The van der Waals surface area contributed by atoms with E-state index in [1.54, 1.807) is 0 Å². The molecule has 2 aliphatic heterocycles. The predicted octanol–water partition coefficient (Wildman–Crippen LogP) is 0.849. The first-order valence-corrected chi connectivity index (χ1v) is 5.89. The quantitative estimate of drug-likeness (QED) is 0.712. The van der Waals surface area contributed by atoms with Crippen molar-refractivity contribution in [2.45, 2.75) is 37.9 Å². The first-order valence-electron chi connectivity index (χ1n) is 5.89. The summed E-state index contributed by atoms with van der Waals surface area (Å²) in [6, 6.07) is 0. The summed E-state index contributed by atoms with van der Waals surface area (Å²) >= 11 is 0. The van der Waals surface area contributed by atoms with Crippen molar-refractivity contribution in [1.29, 1.82) is 0 Å². The van der Waals surface area contributed by atoms with Crippen molar-refractivity contribution in [3.05, 3.63) is 0 Å². The topological polar surface area (TPSA) is 24.5 Å². The molecule has 0 aromatic rings. The average Bonchev–Trinajstić information content (AvgIpc) is 2.23. The predicted molar refractivity (Wildman–Crippen MR) is 57.5 cm³/mol. The number of nitrogens with one attached hydrogen (secondary N) is 1. The minimum absolute atomic E-state index is 0.532. The lowest BCUT2D eigenvalue weighted by atomic mass is 10.1. The Hall–Kier alpha value is -0.120. The maximum absolute atomic E-state index is 6.11. The van der Waals surface area contributed by atoms with Crippen molar-refractivity contribution in [2.24, 2.45) is 0 Å². The van der Waals surface area contributed by atoms with E-state index in [1.165, 1.54) is 38.8 Å². The number of hydrogen-bond acceptors (Lipinski definition) is 3. The van der Waals surface area contributed by atoms with Crippen LogP contribution < -0.4 is 5.32 Å². The third kappa shape index (κ3) is 2.94. The number of rotatable bonds is 2. The molecule has 0 aromatic carbocycles. The van der Waals surface area contributed by atoms with Crippen molar-refractivity contribution in [2.75, 3.05) is 33.2 Å². The van der Waals surface area contributed by atoms with E-state index in [-0.39, 0.29) is 0 Å². The lowest BCUT2D eigenvalue weighted by molar-refractivity contribution is -0.0505. The molecule has 2 heterocycles. The van der Waals surface area contributed by atoms with E-state index in [1.807, 2.05) is 0 Å². The molecule has 2 fully saturated rings. The van der Waals surface area contributed by atoms with Crippen LogP contribution in [0.25, 0.3) is 0 Å². The fourth-order valence-corrected chi connectivity index (χ4v) is 2.32. The van der Waals surface area contributed by atoms with Crippen LogP contribution in [0.1, 0.15) is 25.7 Å². The fourth-order valence-electron chi connectivity index (χ4n) is 2.32. The third-order valence-corrected chi connectivity index (χ3v) is 3.34. The molecule has 0 amide bonds. The van der Waals surface area contributed by atoms with Crippen LogP contribution in [0.15, 0.2) is 0 Å². The van der Waals surface area contributed by atoms with Gasteiger partial charge in [-0.25, -0.2) is 0 Å². The van der Waals surface area contributed by atoms with Gasteiger partial charge in [-0.1, -0.05) is 0 Å². The van der Waals surface area contributed by atoms with Crippen LogP contribution in [0, 0.1) is 0 Å². The SMILES string of the molecule is CN1CCC(OC2CCNCC2)CC1. The van der Waals surface area contributed by atoms with E-state index in [0.717, 1.165) is 13.1 Å². The highest BCUT2D eigenvalue weighted by molar-refractivity contribution is 4.74. The van der Waals surface area contributed by atoms with Crippen molar-refractivity contribution in [3.8, 4) is 0 Å². The van der Waals surface area contributed by atoms with Crippen LogP contribution >= 0.6 is 0 Å². The molecule has 0 atom stereocenters. The molecule has 0 unspecified atom stereocenters. The van der Waals surface area contributed by atoms with Crippen LogP contribution in [0.2, 0.25) is 0 Å². The van der Waals surface area contributed by atoms with Gasteiger partial charge in [-0.2, -0.15) is 0 Å². The molecule has 1 N–H and O–H groups in total. The van der Waals surface area contributed by atoms with Crippen molar-refractivity contribution < 1.29 is 4.74 Å². The van der Waals surface area contributed by atoms with Gasteiger partial charge in [-0.3, -0.25) is 0 Å². The first-order chi connectivity index (χ1) is 6.84. The van der Waals surface area contributed by atoms with Crippen LogP contribution in [-0.2, 0) is 4.74 Å². The van der Waals surface area contributed by atoms with Gasteiger partial charge in [0.2, 0.25) is 0 Å². The van der Waals surface area contributed by atoms with E-state index < -0.39 is 0 Å². The molecular weight excluding hydrogens is 176 g/mol. The largest absolute Gasteiger partial charge is 0.375 e. The minimum atomic E-state index is 0.532. The van der Waals surface area contributed by atoms with Gasteiger partial charge in [0.05, 0.1) is 12.2 Å². The maximum Gasteiger partial charge on any atom is 0.0603 e. The first kappa shape index (κ1) is 10.4. The van der Waals surface area contributed by atoms with Gasteiger partial charge in [-0.15, -0.1) is 0 Å². The Bertz CT molecular complexity index is 161. The maximum atomic E-state index is 6.11. The molecule has 0 spiro atoms. The number of likely N-dealkylation sites (tertiary alicyclic amines) is 1. The Morgan fingerprint density at radius 2 is 1.57 bits per heavy atom. The van der Waals surface area contributed by atoms with Gasteiger partial charge < -0.3 is 15.0 Å². The number of ether oxygens (including phenoxy) is 1. The van der Waals surface area contributed by atoms with Crippen LogP contribution in [0.5, 0.6) is 0 Å². The molecule has 0 saturated carbocycles. The Kier molecular flexibility index (Phi) is 3.79. The Morgan fingerprint density at radius 3 is 2.21 bits per heavy atom. The number of hydrogen-bond donors (Lipinski definition) is 1. The van der Waals surface area contributed by atoms with E-state index >= 15 is 0 Å². The van der Waals surface area contributed by atoms with Crippen LogP contribution in [0.4, 0.5) is 0 Å². The summed E-state index contributed by atoms with van der Waals surface area (Å²) in [6.45, 7) is 4.68. The standard InChI is InChI=1S/C11H22N2O/c1-13-8-4-11(5-9-13)14-10-2-6-12-7-3-10/h10-12H,2-9H2,1H3. The molecule has 2 saturated heterocycles. The van der Waals surface area contributed by atoms with Crippen LogP contribution in [-0.4, -0.2) is 50.3 Å². The zero-order chi connectivity index (χ0) is 9.80. The van der Waals surface area contributed by atoms with Gasteiger partial charge in [0.25, 0.3) is 0 Å². The highest BCUT2D eigenvalue weighted by Gasteiger charge is 2.22. The Labute approximate surface area is 86.8 Å². The van der Waals surface area contributed by atoms with Crippen LogP contribution in [0.3, 0.4) is 0 Å². The van der Waals surface area contributed by atoms with Gasteiger partial charge in [-0.05, 0) is 45.8 Å². The summed E-state index contributed by atoms with van der Waals surface area (Å²) in [4.78, 5) is 2.39. The zero-order valence-corrected chi connectivity index (χ0v) is 9.17. The number of nitrogens with zero attached hydrogens (tertiary/aromatic N) is 1. The van der Waals surface area contributed by atoms with Gasteiger partial charge >= 0.3 is 0 Å². The van der Waals surface area contributed by atoms with Crippen molar-refractivity contribution in [3.63, 3.8) is 0 Å². The lowest BCUT2D eigenvalue weighted by Crippen LogP contribution is -2.39. The molecule has 2 rings (SSSR count). The van der Waals surface area contributed by atoms with Crippen molar-refractivity contribution >= 4 is 0 Å². The van der Waals surface area contributed by atoms with E-state index in [0.29, 0.717) is 12.2 Å². The van der Waals surface area contributed by atoms with Gasteiger partial charge in [0.1, 0.15) is 0 Å². The molecule has 0 bridgehead atoms. The van der Waals surface area contributed by atoms with Gasteiger partial charge in [0.15, 0.2) is 0 Å². The molecule has 82 valence electrons. The fraction of sp³-hybridized carbons (Fsp3) is 1.00. The zero-order valence-electron chi connectivity index (χ0n) is 9.17. The summed E-state index contributed by atoms with van der Waals surface area (Å²) in [5, 5.41) is 3.37. The Morgan fingerprint density at radius 1 is 1.00 bits per heavy atom. The van der Waals surface area contributed by atoms with Gasteiger partial charge in [0, 0.05) is 13.1 Å². The summed E-state index contributed by atoms with van der Waals surface area (Å²) in [6.07, 6.45) is 5.92.